The van der Waals surface area contributed by atoms with E-state index in [1.807, 2.05) is 0 Å². The van der Waals surface area contributed by atoms with Gasteiger partial charge in [0.05, 0.1) is 0 Å². The number of hydrogen-bond acceptors (Lipinski definition) is 3. The van der Waals surface area contributed by atoms with Gasteiger partial charge >= 0.3 is 0 Å². The normalized spacial score (nSPS) is 20.6. The molecule has 96 valence electrons. The maximum absolute atomic E-state index is 5.46. The molecular formula is C12H25BrN2O. The van der Waals surface area contributed by atoms with Crippen LogP contribution in [0.5, 0.6) is 0 Å². The summed E-state index contributed by atoms with van der Waals surface area (Å²) < 4.78 is 5.46. The van der Waals surface area contributed by atoms with Gasteiger partial charge in [-0.3, -0.25) is 0 Å². The number of halogens is 1. The SMILES string of the molecule is CN(C)CCN(C)CC1(CBr)CCOCC1. The molecule has 0 bridgehead atoms. The van der Waals surface area contributed by atoms with Gasteiger partial charge in [-0.05, 0) is 39.4 Å². The second-order valence-electron chi connectivity index (χ2n) is 5.29. The van der Waals surface area contributed by atoms with E-state index in [9.17, 15) is 0 Å². The summed E-state index contributed by atoms with van der Waals surface area (Å²) in [7, 11) is 6.48. The topological polar surface area (TPSA) is 15.7 Å². The molecule has 0 unspecified atom stereocenters. The first-order valence-electron chi connectivity index (χ1n) is 6.05. The Morgan fingerprint density at radius 2 is 1.75 bits per heavy atom. The van der Waals surface area contributed by atoms with Crippen LogP contribution < -0.4 is 0 Å². The van der Waals surface area contributed by atoms with Gasteiger partial charge in [-0.1, -0.05) is 15.9 Å². The zero-order chi connectivity index (χ0) is 12.0. The Kier molecular flexibility index (Phi) is 6.26. The van der Waals surface area contributed by atoms with E-state index in [0.717, 1.165) is 31.6 Å². The fraction of sp³-hybridized carbons (Fsp3) is 1.00. The number of rotatable bonds is 6. The molecule has 4 heteroatoms. The van der Waals surface area contributed by atoms with Gasteiger partial charge in [-0.15, -0.1) is 0 Å². The smallest absolute Gasteiger partial charge is 0.0472 e. The minimum absolute atomic E-state index is 0.430. The Balaban J connectivity index is 2.36. The van der Waals surface area contributed by atoms with Crippen LogP contribution in [0.3, 0.4) is 0 Å². The number of ether oxygens (including phenoxy) is 1. The van der Waals surface area contributed by atoms with Crippen LogP contribution in [0.25, 0.3) is 0 Å². The first-order valence-corrected chi connectivity index (χ1v) is 7.17. The lowest BCUT2D eigenvalue weighted by Crippen LogP contribution is -2.43. The van der Waals surface area contributed by atoms with Crippen LogP contribution in [0.2, 0.25) is 0 Å². The molecule has 0 aromatic heterocycles. The first kappa shape index (κ1) is 14.4. The number of hydrogen-bond donors (Lipinski definition) is 0. The fourth-order valence-electron chi connectivity index (χ4n) is 2.16. The van der Waals surface area contributed by atoms with Crippen LogP contribution in [0.4, 0.5) is 0 Å². The highest BCUT2D eigenvalue weighted by Gasteiger charge is 2.32. The van der Waals surface area contributed by atoms with Crippen molar-refractivity contribution in [1.82, 2.24) is 9.80 Å². The van der Waals surface area contributed by atoms with Crippen molar-refractivity contribution in [2.45, 2.75) is 12.8 Å². The minimum atomic E-state index is 0.430. The molecule has 0 aromatic carbocycles. The first-order chi connectivity index (χ1) is 7.58. The van der Waals surface area contributed by atoms with E-state index in [4.69, 9.17) is 4.74 Å². The maximum Gasteiger partial charge on any atom is 0.0472 e. The van der Waals surface area contributed by atoms with Crippen molar-refractivity contribution in [2.75, 3.05) is 59.3 Å². The summed E-state index contributed by atoms with van der Waals surface area (Å²) in [6.07, 6.45) is 2.37. The predicted octanol–water partition coefficient (Wildman–Crippen LogP) is 1.67. The molecule has 1 fully saturated rings. The molecule has 0 atom stereocenters. The van der Waals surface area contributed by atoms with Crippen LogP contribution in [0, 0.1) is 5.41 Å². The molecule has 0 amide bonds. The van der Waals surface area contributed by atoms with Gasteiger partial charge in [-0.25, -0.2) is 0 Å². The van der Waals surface area contributed by atoms with Crippen molar-refractivity contribution in [3.8, 4) is 0 Å². The van der Waals surface area contributed by atoms with Gasteiger partial charge in [-0.2, -0.15) is 0 Å². The maximum atomic E-state index is 5.46. The average molecular weight is 293 g/mol. The average Bonchev–Trinajstić information content (AvgIpc) is 2.28. The van der Waals surface area contributed by atoms with Crippen molar-refractivity contribution in [3.05, 3.63) is 0 Å². The van der Waals surface area contributed by atoms with Crippen LogP contribution >= 0.6 is 15.9 Å². The summed E-state index contributed by atoms with van der Waals surface area (Å²) in [5, 5.41) is 1.09. The van der Waals surface area contributed by atoms with Gasteiger partial charge in [0.15, 0.2) is 0 Å². The zero-order valence-electron chi connectivity index (χ0n) is 10.8. The number of alkyl halides is 1. The number of likely N-dealkylation sites (N-methyl/N-ethyl adjacent to an activating group) is 2. The van der Waals surface area contributed by atoms with E-state index in [0.29, 0.717) is 5.41 Å². The van der Waals surface area contributed by atoms with E-state index in [1.165, 1.54) is 19.4 Å². The standard InChI is InChI=1S/C12H25BrN2O/c1-14(2)6-7-15(3)11-12(10-13)4-8-16-9-5-12/h4-11H2,1-3H3. The van der Waals surface area contributed by atoms with Gasteiger partial charge in [0.25, 0.3) is 0 Å². The predicted molar refractivity (Wildman–Crippen MR) is 72.3 cm³/mol. The fourth-order valence-corrected chi connectivity index (χ4v) is 2.90. The van der Waals surface area contributed by atoms with E-state index in [1.54, 1.807) is 0 Å². The number of nitrogens with zero attached hydrogens (tertiary/aromatic N) is 2. The van der Waals surface area contributed by atoms with E-state index in [2.05, 4.69) is 46.9 Å². The van der Waals surface area contributed by atoms with Gasteiger partial charge < -0.3 is 14.5 Å². The largest absolute Gasteiger partial charge is 0.381 e. The minimum Gasteiger partial charge on any atom is -0.381 e. The van der Waals surface area contributed by atoms with Crippen LogP contribution in [0.15, 0.2) is 0 Å². The Morgan fingerprint density at radius 1 is 1.12 bits per heavy atom. The van der Waals surface area contributed by atoms with Crippen molar-refractivity contribution in [2.24, 2.45) is 5.41 Å². The molecule has 16 heavy (non-hydrogen) atoms. The Labute approximate surface area is 108 Å². The summed E-state index contributed by atoms with van der Waals surface area (Å²) in [5.41, 5.74) is 0.430. The van der Waals surface area contributed by atoms with Crippen molar-refractivity contribution in [3.63, 3.8) is 0 Å². The third-order valence-electron chi connectivity index (χ3n) is 3.37. The zero-order valence-corrected chi connectivity index (χ0v) is 12.4. The molecule has 1 rings (SSSR count). The lowest BCUT2D eigenvalue weighted by atomic mass is 9.82. The molecule has 1 heterocycles. The second-order valence-corrected chi connectivity index (χ2v) is 5.85. The molecule has 0 aromatic rings. The summed E-state index contributed by atoms with van der Waals surface area (Å²) in [6.45, 7) is 5.30. The van der Waals surface area contributed by atoms with Gasteiger partial charge in [0.2, 0.25) is 0 Å². The van der Waals surface area contributed by atoms with Crippen LogP contribution in [-0.4, -0.2) is 69.1 Å². The third kappa shape index (κ3) is 4.70. The quantitative estimate of drug-likeness (QED) is 0.693. The third-order valence-corrected chi connectivity index (χ3v) is 4.56. The van der Waals surface area contributed by atoms with E-state index < -0.39 is 0 Å². The van der Waals surface area contributed by atoms with Crippen LogP contribution in [0.1, 0.15) is 12.8 Å². The monoisotopic (exact) mass is 292 g/mol. The second kappa shape index (κ2) is 6.94. The molecule has 1 aliphatic heterocycles. The molecule has 0 saturated carbocycles. The highest BCUT2D eigenvalue weighted by molar-refractivity contribution is 9.09. The molecule has 0 spiro atoms. The summed E-state index contributed by atoms with van der Waals surface area (Å²) in [4.78, 5) is 4.69. The van der Waals surface area contributed by atoms with Gasteiger partial charge in [0, 0.05) is 38.2 Å². The lowest BCUT2D eigenvalue weighted by molar-refractivity contribution is 0.0114. The molecular weight excluding hydrogens is 268 g/mol. The molecule has 0 N–H and O–H groups in total. The van der Waals surface area contributed by atoms with E-state index in [-0.39, 0.29) is 0 Å². The van der Waals surface area contributed by atoms with Crippen molar-refractivity contribution >= 4 is 15.9 Å². The summed E-state index contributed by atoms with van der Waals surface area (Å²) in [6, 6.07) is 0. The van der Waals surface area contributed by atoms with Crippen molar-refractivity contribution < 1.29 is 4.74 Å². The molecule has 0 radical (unpaired) electrons. The Morgan fingerprint density at radius 3 is 2.25 bits per heavy atom. The molecule has 3 nitrogen and oxygen atoms in total. The molecule has 1 aliphatic rings. The Bertz CT molecular complexity index is 193. The lowest BCUT2D eigenvalue weighted by Gasteiger charge is -2.39. The van der Waals surface area contributed by atoms with Gasteiger partial charge in [0.1, 0.15) is 0 Å². The summed E-state index contributed by atoms with van der Waals surface area (Å²) in [5.74, 6) is 0. The van der Waals surface area contributed by atoms with Crippen molar-refractivity contribution in [1.29, 1.82) is 0 Å². The summed E-state index contributed by atoms with van der Waals surface area (Å²) >= 11 is 3.68. The Hall–Kier alpha value is 0.360. The van der Waals surface area contributed by atoms with Crippen LogP contribution in [-0.2, 0) is 4.74 Å². The molecule has 0 aliphatic carbocycles. The molecule has 1 saturated heterocycles. The highest BCUT2D eigenvalue weighted by atomic mass is 79.9. The van der Waals surface area contributed by atoms with E-state index >= 15 is 0 Å². The highest BCUT2D eigenvalue weighted by Crippen LogP contribution is 2.33.